The van der Waals surface area contributed by atoms with Gasteiger partial charge >= 0.3 is 0 Å². The van der Waals surface area contributed by atoms with Crippen LogP contribution in [0, 0.1) is 0 Å². The van der Waals surface area contributed by atoms with Crippen LogP contribution in [0.25, 0.3) is 0 Å². The fraction of sp³-hybridized carbons (Fsp3) is 0.381. The van der Waals surface area contributed by atoms with Crippen LogP contribution in [-0.4, -0.2) is 32.3 Å². The minimum atomic E-state index is -0.734. The molecule has 0 aliphatic carbocycles. The zero-order valence-corrected chi connectivity index (χ0v) is 15.9. The highest BCUT2D eigenvalue weighted by atomic mass is 16.5. The lowest BCUT2D eigenvalue weighted by atomic mass is 9.87. The number of carbonyl (C=O) groups excluding carboxylic acids is 1. The molecule has 1 heterocycles. The fourth-order valence-electron chi connectivity index (χ4n) is 2.98. The summed E-state index contributed by atoms with van der Waals surface area (Å²) in [5.74, 6) is 0.630. The van der Waals surface area contributed by atoms with E-state index in [1.54, 1.807) is 4.90 Å². The average molecular weight is 353 g/mol. The van der Waals surface area contributed by atoms with Crippen molar-refractivity contribution < 1.29 is 9.53 Å². The van der Waals surface area contributed by atoms with E-state index in [4.69, 9.17) is 4.74 Å². The van der Waals surface area contributed by atoms with Crippen molar-refractivity contribution in [3.63, 3.8) is 0 Å². The smallest absolute Gasteiger partial charge is 0.289 e. The molecule has 26 heavy (non-hydrogen) atoms. The first-order chi connectivity index (χ1) is 12.4. The van der Waals surface area contributed by atoms with Crippen molar-refractivity contribution in [2.75, 3.05) is 30.4 Å². The van der Waals surface area contributed by atoms with Crippen molar-refractivity contribution in [3.8, 4) is 5.75 Å². The van der Waals surface area contributed by atoms with Crippen LogP contribution in [0.5, 0.6) is 5.75 Å². The van der Waals surface area contributed by atoms with Gasteiger partial charge in [-0.15, -0.1) is 0 Å². The lowest BCUT2D eigenvalue weighted by Gasteiger charge is -2.35. The number of ether oxygens (including phenoxy) is 1. The highest BCUT2D eigenvalue weighted by molar-refractivity contribution is 6.01. The first-order valence-corrected chi connectivity index (χ1v) is 8.99. The summed E-state index contributed by atoms with van der Waals surface area (Å²) in [4.78, 5) is 14.7. The van der Waals surface area contributed by atoms with Crippen molar-refractivity contribution in [3.05, 3.63) is 54.1 Å². The van der Waals surface area contributed by atoms with Gasteiger partial charge in [-0.25, -0.2) is 0 Å². The summed E-state index contributed by atoms with van der Waals surface area (Å²) in [7, 11) is 1.88. The molecule has 138 valence electrons. The van der Waals surface area contributed by atoms with Gasteiger partial charge in [0.05, 0.1) is 5.69 Å². The molecule has 1 unspecified atom stereocenters. The van der Waals surface area contributed by atoms with E-state index in [0.717, 1.165) is 11.4 Å². The van der Waals surface area contributed by atoms with Gasteiger partial charge in [0.15, 0.2) is 0 Å². The van der Waals surface area contributed by atoms with E-state index in [2.05, 4.69) is 43.5 Å². The van der Waals surface area contributed by atoms with E-state index in [0.29, 0.717) is 18.8 Å². The second-order valence-corrected chi connectivity index (χ2v) is 7.53. The maximum atomic E-state index is 12.9. The third-order valence-electron chi connectivity index (χ3n) is 4.53. The van der Waals surface area contributed by atoms with Crippen LogP contribution in [0.2, 0.25) is 0 Å². The van der Waals surface area contributed by atoms with Crippen LogP contribution in [0.3, 0.4) is 0 Å². The van der Waals surface area contributed by atoms with Crippen molar-refractivity contribution in [2.45, 2.75) is 32.4 Å². The molecule has 2 aromatic rings. The third-order valence-corrected chi connectivity index (χ3v) is 4.53. The van der Waals surface area contributed by atoms with Gasteiger partial charge in [0.2, 0.25) is 6.23 Å². The standard InChI is InChI=1S/C21H27N3O2/c1-21(2,3)15-9-11-16(12-10-15)23-19-20(25)24(14-13-22-4)17-7-5-6-8-18(17)26-19/h5-12,19,22-23H,13-14H2,1-4H3. The van der Waals surface area contributed by atoms with Crippen LogP contribution in [-0.2, 0) is 10.2 Å². The maximum Gasteiger partial charge on any atom is 0.289 e. The van der Waals surface area contributed by atoms with E-state index >= 15 is 0 Å². The molecule has 2 N–H and O–H groups in total. The molecule has 0 saturated heterocycles. The van der Waals surface area contributed by atoms with Crippen LogP contribution in [0.4, 0.5) is 11.4 Å². The van der Waals surface area contributed by atoms with E-state index in [1.807, 2.05) is 43.4 Å². The van der Waals surface area contributed by atoms with Gasteiger partial charge in [0, 0.05) is 18.8 Å². The van der Waals surface area contributed by atoms with Gasteiger partial charge in [-0.05, 0) is 42.3 Å². The third kappa shape index (κ3) is 3.83. The number of amides is 1. The van der Waals surface area contributed by atoms with Gasteiger partial charge in [-0.2, -0.15) is 0 Å². The fourth-order valence-corrected chi connectivity index (χ4v) is 2.98. The minimum absolute atomic E-state index is 0.0844. The summed E-state index contributed by atoms with van der Waals surface area (Å²) in [5.41, 5.74) is 3.02. The Morgan fingerprint density at radius 3 is 2.42 bits per heavy atom. The SMILES string of the molecule is CNCCN1C(=O)C(Nc2ccc(C(C)(C)C)cc2)Oc2ccccc21. The molecule has 0 aromatic heterocycles. The topological polar surface area (TPSA) is 53.6 Å². The number of para-hydroxylation sites is 2. The lowest BCUT2D eigenvalue weighted by Crippen LogP contribution is -2.51. The van der Waals surface area contributed by atoms with Crippen LogP contribution in [0.15, 0.2) is 48.5 Å². The molecule has 1 atom stereocenters. The average Bonchev–Trinajstić information content (AvgIpc) is 2.61. The van der Waals surface area contributed by atoms with Crippen molar-refractivity contribution >= 4 is 17.3 Å². The highest BCUT2D eigenvalue weighted by Gasteiger charge is 2.34. The first-order valence-electron chi connectivity index (χ1n) is 8.99. The van der Waals surface area contributed by atoms with Gasteiger partial charge in [0.25, 0.3) is 5.91 Å². The van der Waals surface area contributed by atoms with Crippen LogP contribution >= 0.6 is 0 Å². The molecule has 0 bridgehead atoms. The molecular formula is C21H27N3O2. The van der Waals surface area contributed by atoms with Gasteiger partial charge < -0.3 is 20.3 Å². The number of carbonyl (C=O) groups is 1. The maximum absolute atomic E-state index is 12.9. The van der Waals surface area contributed by atoms with E-state index in [-0.39, 0.29) is 11.3 Å². The quantitative estimate of drug-likeness (QED) is 0.865. The molecule has 2 aromatic carbocycles. The Balaban J connectivity index is 1.81. The summed E-state index contributed by atoms with van der Waals surface area (Å²) in [5, 5.41) is 6.32. The Bertz CT molecular complexity index is 766. The monoisotopic (exact) mass is 353 g/mol. The summed E-state index contributed by atoms with van der Waals surface area (Å²) >= 11 is 0. The summed E-state index contributed by atoms with van der Waals surface area (Å²) in [6, 6.07) is 15.8. The zero-order valence-electron chi connectivity index (χ0n) is 15.9. The van der Waals surface area contributed by atoms with Gasteiger partial charge in [0.1, 0.15) is 5.75 Å². The molecule has 1 aliphatic heterocycles. The number of hydrogen-bond acceptors (Lipinski definition) is 4. The molecule has 5 heteroatoms. The molecule has 0 radical (unpaired) electrons. The minimum Gasteiger partial charge on any atom is -0.459 e. The summed E-state index contributed by atoms with van der Waals surface area (Å²) in [6.45, 7) is 7.85. The molecule has 0 spiro atoms. The Kier molecular flexibility index (Phi) is 5.18. The molecule has 5 nitrogen and oxygen atoms in total. The Morgan fingerprint density at radius 2 is 1.77 bits per heavy atom. The zero-order chi connectivity index (χ0) is 18.7. The Morgan fingerprint density at radius 1 is 1.08 bits per heavy atom. The number of likely N-dealkylation sites (N-methyl/N-ethyl adjacent to an activating group) is 1. The van der Waals surface area contributed by atoms with Crippen molar-refractivity contribution in [1.29, 1.82) is 0 Å². The number of hydrogen-bond donors (Lipinski definition) is 2. The molecule has 0 fully saturated rings. The normalized spacial score (nSPS) is 16.8. The summed E-state index contributed by atoms with van der Waals surface area (Å²) < 4.78 is 5.93. The van der Waals surface area contributed by atoms with Crippen LogP contribution in [0.1, 0.15) is 26.3 Å². The van der Waals surface area contributed by atoms with Crippen molar-refractivity contribution in [2.24, 2.45) is 0 Å². The Labute approximate surface area is 155 Å². The largest absolute Gasteiger partial charge is 0.459 e. The first kappa shape index (κ1) is 18.3. The predicted octanol–water partition coefficient (Wildman–Crippen LogP) is 3.37. The number of nitrogens with zero attached hydrogens (tertiary/aromatic N) is 1. The highest BCUT2D eigenvalue weighted by Crippen LogP contribution is 2.34. The molecule has 3 rings (SSSR count). The van der Waals surface area contributed by atoms with Crippen LogP contribution < -0.4 is 20.3 Å². The van der Waals surface area contributed by atoms with E-state index in [9.17, 15) is 4.79 Å². The number of anilines is 2. The Hall–Kier alpha value is -2.53. The van der Waals surface area contributed by atoms with E-state index in [1.165, 1.54) is 5.56 Å². The molecular weight excluding hydrogens is 326 g/mol. The number of fused-ring (bicyclic) bond motifs is 1. The number of benzene rings is 2. The van der Waals surface area contributed by atoms with Gasteiger partial charge in [-0.3, -0.25) is 4.79 Å². The molecule has 0 saturated carbocycles. The van der Waals surface area contributed by atoms with E-state index < -0.39 is 6.23 Å². The second-order valence-electron chi connectivity index (χ2n) is 7.53. The number of nitrogens with one attached hydrogen (secondary N) is 2. The molecule has 1 aliphatic rings. The predicted molar refractivity (Wildman–Crippen MR) is 106 cm³/mol. The molecule has 1 amide bonds. The number of rotatable bonds is 5. The van der Waals surface area contributed by atoms with Crippen molar-refractivity contribution in [1.82, 2.24) is 5.32 Å². The lowest BCUT2D eigenvalue weighted by molar-refractivity contribution is -0.125. The van der Waals surface area contributed by atoms with Gasteiger partial charge in [-0.1, -0.05) is 45.0 Å². The summed E-state index contributed by atoms with van der Waals surface area (Å²) in [6.07, 6.45) is -0.734. The second kappa shape index (κ2) is 7.38.